The first-order chi connectivity index (χ1) is 40.0. The largest absolute Gasteiger partial charge is 0.462 e. The lowest BCUT2D eigenvalue weighted by atomic mass is 10.0. The highest BCUT2D eigenvalue weighted by atomic mass is 16.6. The molecule has 81 heavy (non-hydrogen) atoms. The van der Waals surface area contributed by atoms with Gasteiger partial charge in [-0.15, -0.1) is 0 Å². The first-order valence-corrected chi connectivity index (χ1v) is 34.7. The summed E-state index contributed by atoms with van der Waals surface area (Å²) in [6.07, 6.45) is 92.8. The molecule has 1 atom stereocenters. The Hall–Kier alpha value is -3.67. The lowest BCUT2D eigenvalue weighted by Gasteiger charge is -2.18. The zero-order valence-corrected chi connectivity index (χ0v) is 53.5. The van der Waals surface area contributed by atoms with Gasteiger partial charge in [0.25, 0.3) is 0 Å². The van der Waals surface area contributed by atoms with Crippen molar-refractivity contribution in [3.63, 3.8) is 0 Å². The quantitative estimate of drug-likeness (QED) is 0.0261. The smallest absolute Gasteiger partial charge is 0.306 e. The number of rotatable bonds is 63. The van der Waals surface area contributed by atoms with E-state index in [1.807, 2.05) is 0 Å². The Morgan fingerprint density at radius 2 is 0.481 bits per heavy atom. The minimum Gasteiger partial charge on any atom is -0.462 e. The summed E-state index contributed by atoms with van der Waals surface area (Å²) in [4.78, 5) is 38.5. The number of esters is 3. The second-order valence-electron chi connectivity index (χ2n) is 23.0. The molecule has 0 heterocycles. The Kier molecular flexibility index (Phi) is 65.7. The molecule has 0 saturated heterocycles. The third-order valence-corrected chi connectivity index (χ3v) is 15.1. The van der Waals surface area contributed by atoms with Crippen LogP contribution in [0.3, 0.4) is 0 Å². The van der Waals surface area contributed by atoms with Crippen LogP contribution in [0.2, 0.25) is 0 Å². The van der Waals surface area contributed by atoms with Gasteiger partial charge in [-0.25, -0.2) is 0 Å². The van der Waals surface area contributed by atoms with E-state index in [4.69, 9.17) is 14.2 Å². The molecule has 0 radical (unpaired) electrons. The van der Waals surface area contributed by atoms with Crippen molar-refractivity contribution < 1.29 is 28.6 Å². The molecule has 0 aromatic heterocycles. The second kappa shape index (κ2) is 68.8. The number of hydrogen-bond acceptors (Lipinski definition) is 6. The molecule has 0 aliphatic carbocycles. The van der Waals surface area contributed by atoms with Crippen LogP contribution in [0.5, 0.6) is 0 Å². The normalized spacial score (nSPS) is 12.7. The highest BCUT2D eigenvalue weighted by Crippen LogP contribution is 2.17. The van der Waals surface area contributed by atoms with Gasteiger partial charge in [-0.05, 0) is 116 Å². The van der Waals surface area contributed by atoms with E-state index >= 15 is 0 Å². The molecule has 0 spiro atoms. The van der Waals surface area contributed by atoms with Crippen molar-refractivity contribution in [3.8, 4) is 0 Å². The van der Waals surface area contributed by atoms with Gasteiger partial charge in [0.2, 0.25) is 0 Å². The standard InChI is InChI=1S/C75H130O6/c1-4-7-10-13-16-19-22-25-28-31-33-35-36-37-38-40-41-44-47-50-53-56-59-62-65-68-74(77)80-71-72(70-79-73(76)67-64-61-58-55-52-49-46-43-30-27-24-21-18-15-12-9-6-3)81-75(78)69-66-63-60-57-54-51-48-45-42-39-34-32-29-26-23-20-17-14-11-8-5-2/h8-9,11-12,17-18,20-21,26-27,29-31,33-34,39,72H,4-7,10,13-16,19,22-25,28,32,35-38,40-71H2,1-3H3/b11-8-,12-9-,20-17-,21-18-,29-26-,30-27-,33-31-,39-34-. The van der Waals surface area contributed by atoms with Crippen LogP contribution in [0, 0.1) is 0 Å². The fraction of sp³-hybridized carbons (Fsp3) is 0.747. The Morgan fingerprint density at radius 1 is 0.259 bits per heavy atom. The van der Waals surface area contributed by atoms with Gasteiger partial charge in [-0.1, -0.05) is 304 Å². The van der Waals surface area contributed by atoms with Crippen molar-refractivity contribution in [2.24, 2.45) is 0 Å². The summed E-state index contributed by atoms with van der Waals surface area (Å²) in [5.41, 5.74) is 0. The summed E-state index contributed by atoms with van der Waals surface area (Å²) in [6, 6.07) is 0. The fourth-order valence-electron chi connectivity index (χ4n) is 9.92. The van der Waals surface area contributed by atoms with Gasteiger partial charge in [0.05, 0.1) is 0 Å². The molecule has 466 valence electrons. The number of unbranched alkanes of at least 4 members (excludes halogenated alkanes) is 36. The van der Waals surface area contributed by atoms with Gasteiger partial charge in [-0.3, -0.25) is 14.4 Å². The van der Waals surface area contributed by atoms with Gasteiger partial charge in [-0.2, -0.15) is 0 Å². The number of ether oxygens (including phenoxy) is 3. The summed E-state index contributed by atoms with van der Waals surface area (Å²) >= 11 is 0. The van der Waals surface area contributed by atoms with Crippen molar-refractivity contribution in [1.29, 1.82) is 0 Å². The topological polar surface area (TPSA) is 78.9 Å². The van der Waals surface area contributed by atoms with Crippen LogP contribution < -0.4 is 0 Å². The fourth-order valence-corrected chi connectivity index (χ4v) is 9.92. The van der Waals surface area contributed by atoms with Crippen LogP contribution in [0.15, 0.2) is 97.2 Å². The van der Waals surface area contributed by atoms with Gasteiger partial charge >= 0.3 is 17.9 Å². The number of allylic oxidation sites excluding steroid dienone is 16. The molecule has 0 aliphatic heterocycles. The van der Waals surface area contributed by atoms with Gasteiger partial charge in [0, 0.05) is 19.3 Å². The molecule has 6 heteroatoms. The van der Waals surface area contributed by atoms with Gasteiger partial charge in [0.15, 0.2) is 6.10 Å². The van der Waals surface area contributed by atoms with Crippen molar-refractivity contribution in [1.82, 2.24) is 0 Å². The van der Waals surface area contributed by atoms with Crippen molar-refractivity contribution in [3.05, 3.63) is 97.2 Å². The maximum Gasteiger partial charge on any atom is 0.306 e. The Balaban J connectivity index is 4.35. The zero-order valence-electron chi connectivity index (χ0n) is 53.5. The molecular weight excluding hydrogens is 997 g/mol. The van der Waals surface area contributed by atoms with Crippen molar-refractivity contribution in [2.75, 3.05) is 13.2 Å². The summed E-state index contributed by atoms with van der Waals surface area (Å²) in [6.45, 7) is 6.45. The van der Waals surface area contributed by atoms with E-state index in [9.17, 15) is 14.4 Å². The van der Waals surface area contributed by atoms with E-state index in [0.717, 1.165) is 116 Å². The van der Waals surface area contributed by atoms with Crippen LogP contribution in [0.1, 0.15) is 342 Å². The molecule has 0 fully saturated rings. The van der Waals surface area contributed by atoms with Crippen LogP contribution in [-0.2, 0) is 28.6 Å². The monoisotopic (exact) mass is 1130 g/mol. The van der Waals surface area contributed by atoms with Crippen LogP contribution in [0.4, 0.5) is 0 Å². The number of carbonyl (C=O) groups is 3. The molecule has 6 nitrogen and oxygen atoms in total. The molecule has 0 N–H and O–H groups in total. The number of carbonyl (C=O) groups excluding carboxylic acids is 3. The molecule has 0 saturated carbocycles. The predicted octanol–water partition coefficient (Wildman–Crippen LogP) is 24.0. The average Bonchev–Trinajstić information content (AvgIpc) is 3.47. The molecule has 0 amide bonds. The molecule has 0 bridgehead atoms. The van der Waals surface area contributed by atoms with Crippen LogP contribution in [-0.4, -0.2) is 37.2 Å². The number of hydrogen-bond donors (Lipinski definition) is 0. The maximum absolute atomic E-state index is 13.0. The lowest BCUT2D eigenvalue weighted by Crippen LogP contribution is -2.30. The SMILES string of the molecule is CC/C=C\C/C=C\C/C=C\C/C=C\CCCCCCCCCCC(=O)OC(COC(=O)CCCCCCCCC/C=C\C/C=C\C/C=C\CC)COC(=O)CCCCCCCCCCCCCCC/C=C\CCCCCCCCCC. The van der Waals surface area contributed by atoms with E-state index in [1.165, 1.54) is 186 Å². The lowest BCUT2D eigenvalue weighted by molar-refractivity contribution is -0.167. The molecule has 1 unspecified atom stereocenters. The summed E-state index contributed by atoms with van der Waals surface area (Å²) in [5.74, 6) is -0.886. The van der Waals surface area contributed by atoms with Crippen molar-refractivity contribution >= 4 is 17.9 Å². The zero-order chi connectivity index (χ0) is 58.5. The van der Waals surface area contributed by atoms with Crippen LogP contribution in [0.25, 0.3) is 0 Å². The molecule has 0 aromatic rings. The van der Waals surface area contributed by atoms with E-state index in [1.54, 1.807) is 0 Å². The summed E-state index contributed by atoms with van der Waals surface area (Å²) < 4.78 is 17.0. The van der Waals surface area contributed by atoms with Crippen molar-refractivity contribution in [2.45, 2.75) is 348 Å². The summed E-state index contributed by atoms with van der Waals surface area (Å²) in [7, 11) is 0. The Bertz CT molecular complexity index is 1580. The van der Waals surface area contributed by atoms with E-state index in [-0.39, 0.29) is 31.1 Å². The summed E-state index contributed by atoms with van der Waals surface area (Å²) in [5, 5.41) is 0. The average molecular weight is 1130 g/mol. The first-order valence-electron chi connectivity index (χ1n) is 34.7. The van der Waals surface area contributed by atoms with E-state index in [2.05, 4.69) is 118 Å². The highest BCUT2D eigenvalue weighted by Gasteiger charge is 2.19. The van der Waals surface area contributed by atoms with Gasteiger partial charge in [0.1, 0.15) is 13.2 Å². The predicted molar refractivity (Wildman–Crippen MR) is 353 cm³/mol. The highest BCUT2D eigenvalue weighted by molar-refractivity contribution is 5.71. The minimum atomic E-state index is -0.789. The molecule has 0 aliphatic rings. The Labute approximate surface area is 502 Å². The second-order valence-corrected chi connectivity index (χ2v) is 23.0. The first kappa shape index (κ1) is 77.3. The molecule has 0 rings (SSSR count). The molecule has 0 aromatic carbocycles. The van der Waals surface area contributed by atoms with Gasteiger partial charge < -0.3 is 14.2 Å². The van der Waals surface area contributed by atoms with E-state index < -0.39 is 6.10 Å². The Morgan fingerprint density at radius 3 is 0.765 bits per heavy atom. The van der Waals surface area contributed by atoms with Crippen LogP contribution >= 0.6 is 0 Å². The third kappa shape index (κ3) is 67.0. The molecular formula is C75H130O6. The minimum absolute atomic E-state index is 0.0826. The third-order valence-electron chi connectivity index (χ3n) is 15.1. The van der Waals surface area contributed by atoms with E-state index in [0.29, 0.717) is 19.3 Å². The maximum atomic E-state index is 13.0.